The van der Waals surface area contributed by atoms with Crippen molar-refractivity contribution in [2.24, 2.45) is 11.3 Å². The van der Waals surface area contributed by atoms with Crippen molar-refractivity contribution in [2.45, 2.75) is 26.7 Å². The van der Waals surface area contributed by atoms with Gasteiger partial charge in [0.05, 0.1) is 5.56 Å². The lowest BCUT2D eigenvalue weighted by atomic mass is 9.91. The highest BCUT2D eigenvalue weighted by molar-refractivity contribution is 5.79. The average molecular weight is 343 g/mol. The standard InChI is InChI=1S/C19H29N5O/c1-19(2,14-23(3)4)13-22-18(25)15-7-10-24(11-8-15)17-16(12-20)6-5-9-21-17/h5-6,9,15H,7-8,10-11,13-14H2,1-4H3,(H,22,25). The second kappa shape index (κ2) is 8.30. The molecule has 1 aliphatic heterocycles. The van der Waals surface area contributed by atoms with Crippen LogP contribution in [0.15, 0.2) is 18.3 Å². The van der Waals surface area contributed by atoms with Gasteiger partial charge in [0.25, 0.3) is 0 Å². The lowest BCUT2D eigenvalue weighted by Crippen LogP contribution is -2.45. The first-order chi connectivity index (χ1) is 11.8. The van der Waals surface area contributed by atoms with Crippen molar-refractivity contribution in [1.82, 2.24) is 15.2 Å². The third-order valence-electron chi connectivity index (χ3n) is 4.56. The normalized spacial score (nSPS) is 15.9. The molecule has 6 nitrogen and oxygen atoms in total. The number of aromatic nitrogens is 1. The molecular weight excluding hydrogens is 314 g/mol. The van der Waals surface area contributed by atoms with Crippen molar-refractivity contribution in [2.75, 3.05) is 45.2 Å². The zero-order chi connectivity index (χ0) is 18.4. The van der Waals surface area contributed by atoms with Crippen molar-refractivity contribution in [1.29, 1.82) is 5.26 Å². The van der Waals surface area contributed by atoms with Crippen LogP contribution < -0.4 is 10.2 Å². The summed E-state index contributed by atoms with van der Waals surface area (Å²) in [6.07, 6.45) is 3.30. The summed E-state index contributed by atoms with van der Waals surface area (Å²) in [5.74, 6) is 0.921. The third-order valence-corrected chi connectivity index (χ3v) is 4.56. The second-order valence-corrected chi connectivity index (χ2v) is 7.87. The van der Waals surface area contributed by atoms with Gasteiger partial charge in [0.1, 0.15) is 11.9 Å². The number of anilines is 1. The molecule has 1 aromatic rings. The molecule has 0 bridgehead atoms. The Hall–Kier alpha value is -2.13. The topological polar surface area (TPSA) is 72.3 Å². The molecule has 2 rings (SSSR count). The van der Waals surface area contributed by atoms with Crippen LogP contribution >= 0.6 is 0 Å². The summed E-state index contributed by atoms with van der Waals surface area (Å²) in [4.78, 5) is 21.1. The molecule has 1 amide bonds. The van der Waals surface area contributed by atoms with E-state index in [0.29, 0.717) is 12.1 Å². The smallest absolute Gasteiger partial charge is 0.223 e. The number of nitrogens with one attached hydrogen (secondary N) is 1. The van der Waals surface area contributed by atoms with Gasteiger partial charge in [0, 0.05) is 38.3 Å². The Kier molecular flexibility index (Phi) is 6.38. The zero-order valence-electron chi connectivity index (χ0n) is 15.7. The first-order valence-corrected chi connectivity index (χ1v) is 8.85. The van der Waals surface area contributed by atoms with Gasteiger partial charge in [-0.2, -0.15) is 5.26 Å². The van der Waals surface area contributed by atoms with Gasteiger partial charge in [-0.1, -0.05) is 13.8 Å². The van der Waals surface area contributed by atoms with Gasteiger partial charge in [-0.05, 0) is 44.5 Å². The summed E-state index contributed by atoms with van der Waals surface area (Å²) in [5.41, 5.74) is 0.644. The lowest BCUT2D eigenvalue weighted by Gasteiger charge is -2.33. The van der Waals surface area contributed by atoms with E-state index in [2.05, 4.69) is 40.0 Å². The van der Waals surface area contributed by atoms with Crippen LogP contribution in [-0.4, -0.2) is 56.1 Å². The largest absolute Gasteiger partial charge is 0.355 e. The molecule has 25 heavy (non-hydrogen) atoms. The van der Waals surface area contributed by atoms with Crippen LogP contribution in [0.25, 0.3) is 0 Å². The fourth-order valence-corrected chi connectivity index (χ4v) is 3.47. The molecule has 1 aliphatic rings. The summed E-state index contributed by atoms with van der Waals surface area (Å²) in [5, 5.41) is 12.3. The minimum absolute atomic E-state index is 0.0423. The Bertz CT molecular complexity index is 627. The number of amides is 1. The molecule has 136 valence electrons. The quantitative estimate of drug-likeness (QED) is 0.854. The Morgan fingerprint density at radius 2 is 2.12 bits per heavy atom. The number of hydrogen-bond acceptors (Lipinski definition) is 5. The average Bonchev–Trinajstić information content (AvgIpc) is 2.59. The first-order valence-electron chi connectivity index (χ1n) is 8.85. The van der Waals surface area contributed by atoms with Crippen LogP contribution in [0.2, 0.25) is 0 Å². The minimum atomic E-state index is 0.0423. The maximum atomic E-state index is 12.5. The fourth-order valence-electron chi connectivity index (χ4n) is 3.47. The van der Waals surface area contributed by atoms with Gasteiger partial charge >= 0.3 is 0 Å². The van der Waals surface area contributed by atoms with Crippen LogP contribution in [0.5, 0.6) is 0 Å². The van der Waals surface area contributed by atoms with Gasteiger partial charge in [-0.25, -0.2) is 4.98 Å². The third kappa shape index (κ3) is 5.43. The molecule has 0 spiro atoms. The maximum Gasteiger partial charge on any atom is 0.223 e. The highest BCUT2D eigenvalue weighted by Gasteiger charge is 2.28. The number of nitrogens with zero attached hydrogens (tertiary/aromatic N) is 4. The fraction of sp³-hybridized carbons (Fsp3) is 0.632. The molecule has 1 N–H and O–H groups in total. The Morgan fingerprint density at radius 1 is 1.44 bits per heavy atom. The van der Waals surface area contributed by atoms with E-state index in [1.807, 2.05) is 14.1 Å². The zero-order valence-corrected chi connectivity index (χ0v) is 15.7. The predicted molar refractivity (Wildman–Crippen MR) is 99.2 cm³/mol. The summed E-state index contributed by atoms with van der Waals surface area (Å²) >= 11 is 0. The van der Waals surface area contributed by atoms with E-state index in [4.69, 9.17) is 0 Å². The number of carbonyl (C=O) groups excluding carboxylic acids is 1. The number of piperidine rings is 1. The Labute approximate surface area is 150 Å². The SMILES string of the molecule is CN(C)CC(C)(C)CNC(=O)C1CCN(c2ncccc2C#N)CC1. The minimum Gasteiger partial charge on any atom is -0.355 e. The molecule has 1 fully saturated rings. The van der Waals surface area contributed by atoms with Crippen molar-refractivity contribution >= 4 is 11.7 Å². The molecule has 6 heteroatoms. The number of pyridine rings is 1. The molecule has 0 unspecified atom stereocenters. The molecule has 0 atom stereocenters. The molecule has 0 aromatic carbocycles. The van der Waals surface area contributed by atoms with E-state index in [0.717, 1.165) is 38.3 Å². The number of nitriles is 1. The van der Waals surface area contributed by atoms with Crippen molar-refractivity contribution in [3.63, 3.8) is 0 Å². The van der Waals surface area contributed by atoms with Gasteiger partial charge in [-0.15, -0.1) is 0 Å². The van der Waals surface area contributed by atoms with Crippen molar-refractivity contribution in [3.05, 3.63) is 23.9 Å². The maximum absolute atomic E-state index is 12.5. The molecule has 0 radical (unpaired) electrons. The number of hydrogen-bond donors (Lipinski definition) is 1. The van der Waals surface area contributed by atoms with Gasteiger partial charge in [-0.3, -0.25) is 4.79 Å². The van der Waals surface area contributed by atoms with Crippen LogP contribution in [0.1, 0.15) is 32.3 Å². The van der Waals surface area contributed by atoms with Crippen LogP contribution in [-0.2, 0) is 4.79 Å². The first kappa shape index (κ1) is 19.2. The van der Waals surface area contributed by atoms with E-state index in [1.165, 1.54) is 0 Å². The van der Waals surface area contributed by atoms with E-state index < -0.39 is 0 Å². The number of rotatable bonds is 6. The summed E-state index contributed by atoms with van der Waals surface area (Å²) in [7, 11) is 4.10. The molecule has 0 aliphatic carbocycles. The van der Waals surface area contributed by atoms with Gasteiger partial charge < -0.3 is 15.1 Å². The summed E-state index contributed by atoms with van der Waals surface area (Å²) in [6.45, 7) is 7.46. The molecule has 1 saturated heterocycles. The molecule has 2 heterocycles. The Morgan fingerprint density at radius 3 is 2.72 bits per heavy atom. The lowest BCUT2D eigenvalue weighted by molar-refractivity contribution is -0.126. The molecular formula is C19H29N5O. The number of carbonyl (C=O) groups is 1. The van der Waals surface area contributed by atoms with Gasteiger partial charge in [0.2, 0.25) is 5.91 Å². The van der Waals surface area contributed by atoms with E-state index in [-0.39, 0.29) is 17.2 Å². The van der Waals surface area contributed by atoms with Crippen molar-refractivity contribution in [3.8, 4) is 6.07 Å². The van der Waals surface area contributed by atoms with E-state index in [1.54, 1.807) is 18.3 Å². The molecule has 0 saturated carbocycles. The highest BCUT2D eigenvalue weighted by Crippen LogP contribution is 2.24. The summed E-state index contributed by atoms with van der Waals surface area (Å²) in [6, 6.07) is 5.75. The van der Waals surface area contributed by atoms with Crippen LogP contribution in [0.3, 0.4) is 0 Å². The molecule has 1 aromatic heterocycles. The van der Waals surface area contributed by atoms with Crippen LogP contribution in [0.4, 0.5) is 5.82 Å². The predicted octanol–water partition coefficient (Wildman–Crippen LogP) is 1.87. The van der Waals surface area contributed by atoms with E-state index >= 15 is 0 Å². The second-order valence-electron chi connectivity index (χ2n) is 7.87. The van der Waals surface area contributed by atoms with Crippen LogP contribution in [0, 0.1) is 22.7 Å². The van der Waals surface area contributed by atoms with E-state index in [9.17, 15) is 10.1 Å². The monoisotopic (exact) mass is 343 g/mol. The van der Waals surface area contributed by atoms with Crippen molar-refractivity contribution < 1.29 is 4.79 Å². The highest BCUT2D eigenvalue weighted by atomic mass is 16.1. The Balaban J connectivity index is 1.85. The van der Waals surface area contributed by atoms with Gasteiger partial charge in [0.15, 0.2) is 0 Å². The summed E-state index contributed by atoms with van der Waals surface area (Å²) < 4.78 is 0.